The van der Waals surface area contributed by atoms with E-state index in [0.29, 0.717) is 63.2 Å². The smallest absolute Gasteiger partial charge is 0.410 e. The van der Waals surface area contributed by atoms with Gasteiger partial charge < -0.3 is 9.64 Å². The highest BCUT2D eigenvalue weighted by Crippen LogP contribution is 2.55. The Morgan fingerprint density at radius 3 is 1.07 bits per heavy atom. The van der Waals surface area contributed by atoms with Gasteiger partial charge in [-0.3, -0.25) is 19.4 Å². The van der Waals surface area contributed by atoms with Crippen LogP contribution in [0, 0.1) is 0 Å². The van der Waals surface area contributed by atoms with Crippen LogP contribution in [0.15, 0.2) is 206 Å². The van der Waals surface area contributed by atoms with E-state index in [1.54, 1.807) is 24.3 Å². The highest BCUT2D eigenvalue weighted by atomic mass is 32.2. The van der Waals surface area contributed by atoms with Crippen molar-refractivity contribution in [2.45, 2.75) is 92.3 Å². The fourth-order valence-corrected chi connectivity index (χ4v) is 14.3. The van der Waals surface area contributed by atoms with Crippen LogP contribution in [-0.2, 0) is 14.2 Å². The Hall–Kier alpha value is -6.39. The number of ether oxygens (including phenoxy) is 1. The van der Waals surface area contributed by atoms with Gasteiger partial charge in [-0.05, 0) is 113 Å². The second kappa shape index (κ2) is 24.1. The highest BCUT2D eigenvalue weighted by molar-refractivity contribution is 8.02. The van der Waals surface area contributed by atoms with Crippen molar-refractivity contribution in [2.75, 3.05) is 39.3 Å². The van der Waals surface area contributed by atoms with E-state index in [9.17, 15) is 14.4 Å². The molecule has 0 bridgehead atoms. The first-order valence-electron chi connectivity index (χ1n) is 26.4. The van der Waals surface area contributed by atoms with Crippen LogP contribution in [-0.4, -0.2) is 87.0 Å². The number of hydrogen-bond donors (Lipinski definition) is 0. The third kappa shape index (κ3) is 13.2. The van der Waals surface area contributed by atoms with Crippen molar-refractivity contribution < 1.29 is 19.1 Å². The number of fused-ring (bicyclic) bond motifs is 1. The summed E-state index contributed by atoms with van der Waals surface area (Å²) in [7, 11) is 0. The van der Waals surface area contributed by atoms with Gasteiger partial charge in [-0.25, -0.2) is 4.79 Å². The normalized spacial score (nSPS) is 13.3. The molecule has 0 fully saturated rings. The summed E-state index contributed by atoms with van der Waals surface area (Å²) in [5, 5.41) is 0. The molecule has 0 radical (unpaired) electrons. The number of benzene rings is 7. The minimum atomic E-state index is -0.691. The van der Waals surface area contributed by atoms with Gasteiger partial charge in [0.2, 0.25) is 0 Å². The molecule has 9 heteroatoms. The van der Waals surface area contributed by atoms with Gasteiger partial charge in [-0.1, -0.05) is 194 Å². The average molecular weight is 1040 g/mol. The zero-order valence-corrected chi connectivity index (χ0v) is 46.4. The van der Waals surface area contributed by atoms with Gasteiger partial charge in [0.15, 0.2) is 0 Å². The first kappa shape index (κ1) is 54.9. The summed E-state index contributed by atoms with van der Waals surface area (Å²) in [5.74, 6) is -0.481. The summed E-state index contributed by atoms with van der Waals surface area (Å²) < 4.78 is 4.29. The van der Waals surface area contributed by atoms with Crippen LogP contribution in [0.2, 0.25) is 0 Å². The van der Waals surface area contributed by atoms with Crippen molar-refractivity contribution in [1.82, 2.24) is 14.7 Å². The van der Waals surface area contributed by atoms with Crippen molar-refractivity contribution in [3.63, 3.8) is 0 Å². The topological polar surface area (TPSA) is 70.2 Å². The number of rotatable bonds is 23. The number of imide groups is 1. The number of unbranched alkanes of at least 4 members (excludes halogenated alkanes) is 2. The van der Waals surface area contributed by atoms with Crippen LogP contribution in [0.1, 0.15) is 122 Å². The lowest BCUT2D eigenvalue weighted by molar-refractivity contribution is 0.0226. The molecule has 0 N–H and O–H groups in total. The van der Waals surface area contributed by atoms with Crippen LogP contribution in [0.25, 0.3) is 0 Å². The predicted molar refractivity (Wildman–Crippen MR) is 312 cm³/mol. The highest BCUT2D eigenvalue weighted by Gasteiger charge is 2.46. The molecule has 0 aromatic heterocycles. The SMILES string of the molecule is CC(C)(C)OC(=O)N(CCCCCN1C(=O)c2ccccc2C1=O)CCN(CC(C)(C)SC(c1ccccc1)(c1ccccc1)c1ccccc1)CC(C)(C)SC(c1ccccc1)(c1ccccc1)c1ccccc1. The van der Waals surface area contributed by atoms with Gasteiger partial charge in [-0.15, -0.1) is 23.5 Å². The Morgan fingerprint density at radius 2 is 0.747 bits per heavy atom. The van der Waals surface area contributed by atoms with E-state index >= 15 is 0 Å². The largest absolute Gasteiger partial charge is 0.444 e. The van der Waals surface area contributed by atoms with E-state index in [2.05, 4.69) is 215 Å². The first-order valence-corrected chi connectivity index (χ1v) is 28.0. The molecule has 1 aliphatic heterocycles. The number of hydrogen-bond acceptors (Lipinski definition) is 7. The molecule has 0 saturated carbocycles. The number of nitrogens with zero attached hydrogens (tertiary/aromatic N) is 3. The van der Waals surface area contributed by atoms with Crippen LogP contribution in [0.4, 0.5) is 4.79 Å². The Labute approximate surface area is 455 Å². The zero-order valence-electron chi connectivity index (χ0n) is 44.8. The summed E-state index contributed by atoms with van der Waals surface area (Å²) in [5.41, 5.74) is 7.48. The molecule has 8 rings (SSSR count). The summed E-state index contributed by atoms with van der Waals surface area (Å²) in [6.07, 6.45) is 1.70. The van der Waals surface area contributed by atoms with Crippen LogP contribution < -0.4 is 0 Å². The van der Waals surface area contributed by atoms with E-state index < -0.39 is 15.1 Å². The quantitative estimate of drug-likeness (QED) is 0.0359. The van der Waals surface area contributed by atoms with Crippen molar-refractivity contribution in [2.24, 2.45) is 0 Å². The van der Waals surface area contributed by atoms with Gasteiger partial charge in [-0.2, -0.15) is 0 Å². The fraction of sp³-hybridized carbons (Fsp3) is 0.318. The maximum absolute atomic E-state index is 14.3. The summed E-state index contributed by atoms with van der Waals surface area (Å²) in [6.45, 7) is 18.5. The minimum Gasteiger partial charge on any atom is -0.444 e. The van der Waals surface area contributed by atoms with E-state index in [1.807, 2.05) is 49.2 Å². The van der Waals surface area contributed by atoms with E-state index in [1.165, 1.54) is 38.3 Å². The average Bonchev–Trinajstić information content (AvgIpc) is 3.66. The molecular weight excluding hydrogens is 963 g/mol. The maximum atomic E-state index is 14.3. The van der Waals surface area contributed by atoms with Crippen molar-refractivity contribution in [3.8, 4) is 0 Å². The molecule has 1 aliphatic rings. The third-order valence-electron chi connectivity index (χ3n) is 13.7. The number of carbonyl (C=O) groups excluding carboxylic acids is 3. The van der Waals surface area contributed by atoms with Gasteiger partial charge in [0.1, 0.15) is 5.60 Å². The molecular formula is C66H73N3O4S2. The number of carbonyl (C=O) groups is 3. The standard InChI is InChI=1S/C66H73N3O4S2/c1-62(2,3)73-61(72)68(45-29-14-30-46-69-59(70)57-43-27-28-44-58(57)60(69)71)48-47-67(49-63(4,5)74-65(51-31-15-8-16-32-51,52-33-17-9-18-34-52)53-35-19-10-20-36-53)50-64(6,7)75-66(54-37-21-11-22-38-54,55-39-23-12-24-40-55)56-41-25-13-26-42-56/h8-13,15-28,31-44H,14,29-30,45-50H2,1-7H3. The van der Waals surface area contributed by atoms with Crippen molar-refractivity contribution >= 4 is 41.4 Å². The monoisotopic (exact) mass is 1040 g/mol. The number of thioether (sulfide) groups is 2. The van der Waals surface area contributed by atoms with E-state index in [4.69, 9.17) is 4.74 Å². The minimum absolute atomic E-state index is 0.240. The Balaban J connectivity index is 1.13. The molecule has 7 nitrogen and oxygen atoms in total. The van der Waals surface area contributed by atoms with Gasteiger partial charge in [0, 0.05) is 48.8 Å². The molecule has 0 spiro atoms. The lowest BCUT2D eigenvalue weighted by atomic mass is 9.84. The second-order valence-corrected chi connectivity index (χ2v) is 25.7. The molecule has 0 aliphatic carbocycles. The Bertz CT molecular complexity index is 2580. The molecule has 0 unspecified atom stereocenters. The number of amides is 3. The first-order chi connectivity index (χ1) is 36.0. The molecule has 7 aromatic rings. The van der Waals surface area contributed by atoms with E-state index in [-0.39, 0.29) is 27.4 Å². The van der Waals surface area contributed by atoms with Crippen LogP contribution in [0.5, 0.6) is 0 Å². The molecule has 1 heterocycles. The summed E-state index contributed by atoms with van der Waals surface area (Å²) in [6, 6.07) is 72.4. The molecule has 3 amide bonds. The van der Waals surface area contributed by atoms with E-state index in [0.717, 1.165) is 6.42 Å². The zero-order chi connectivity index (χ0) is 53.1. The van der Waals surface area contributed by atoms with Gasteiger partial charge >= 0.3 is 6.09 Å². The predicted octanol–water partition coefficient (Wildman–Crippen LogP) is 15.0. The molecule has 0 atom stereocenters. The lowest BCUT2D eigenvalue weighted by Gasteiger charge is -2.46. The molecule has 7 aromatic carbocycles. The Morgan fingerprint density at radius 1 is 0.427 bits per heavy atom. The van der Waals surface area contributed by atoms with Gasteiger partial charge in [0.25, 0.3) is 11.8 Å². The van der Waals surface area contributed by atoms with Gasteiger partial charge in [0.05, 0.1) is 20.6 Å². The van der Waals surface area contributed by atoms with Crippen LogP contribution >= 0.6 is 23.5 Å². The second-order valence-electron chi connectivity index (χ2n) is 21.8. The Kier molecular flexibility index (Phi) is 17.6. The molecule has 0 saturated heterocycles. The van der Waals surface area contributed by atoms with Crippen molar-refractivity contribution in [1.29, 1.82) is 0 Å². The molecule has 388 valence electrons. The lowest BCUT2D eigenvalue weighted by Crippen LogP contribution is -2.49. The molecule has 75 heavy (non-hydrogen) atoms. The summed E-state index contributed by atoms with van der Waals surface area (Å²) >= 11 is 3.96. The fourth-order valence-electron chi connectivity index (χ4n) is 10.6. The van der Waals surface area contributed by atoms with Crippen LogP contribution in [0.3, 0.4) is 0 Å². The third-order valence-corrected chi connectivity index (χ3v) is 17.1. The van der Waals surface area contributed by atoms with Crippen molar-refractivity contribution in [3.05, 3.63) is 251 Å². The maximum Gasteiger partial charge on any atom is 0.410 e. The summed E-state index contributed by atoms with van der Waals surface area (Å²) in [4.78, 5) is 46.5.